The molecule has 1 heterocycles. The molecule has 0 aliphatic heterocycles. The average Bonchev–Trinajstić information content (AvgIpc) is 2.54. The molecule has 3 nitrogen and oxygen atoms in total. The molecule has 2 aromatic carbocycles. The van der Waals surface area contributed by atoms with Gasteiger partial charge in [-0.3, -0.25) is 4.98 Å². The van der Waals surface area contributed by atoms with E-state index in [1.807, 2.05) is 43.4 Å². The van der Waals surface area contributed by atoms with Crippen LogP contribution < -0.4 is 10.1 Å². The fourth-order valence-corrected chi connectivity index (χ4v) is 2.42. The number of nitrogens with zero attached hydrogens (tertiary/aromatic N) is 1. The molecule has 0 saturated carbocycles. The van der Waals surface area contributed by atoms with E-state index in [0.29, 0.717) is 6.61 Å². The van der Waals surface area contributed by atoms with E-state index in [-0.39, 0.29) is 0 Å². The predicted octanol–water partition coefficient (Wildman–Crippen LogP) is 3.53. The zero-order chi connectivity index (χ0) is 14.5. The van der Waals surface area contributed by atoms with Crippen molar-refractivity contribution in [3.63, 3.8) is 0 Å². The van der Waals surface area contributed by atoms with E-state index in [2.05, 4.69) is 28.5 Å². The van der Waals surface area contributed by atoms with E-state index in [1.54, 1.807) is 6.20 Å². The normalized spacial score (nSPS) is 10.7. The second-order valence-corrected chi connectivity index (χ2v) is 4.91. The van der Waals surface area contributed by atoms with Gasteiger partial charge in [-0.05, 0) is 42.4 Å². The molecule has 0 amide bonds. The Hall–Kier alpha value is -2.39. The minimum Gasteiger partial charge on any atom is -0.488 e. The molecular formula is C18H18N2O. The second-order valence-electron chi connectivity index (χ2n) is 4.91. The summed E-state index contributed by atoms with van der Waals surface area (Å²) in [4.78, 5) is 4.35. The molecule has 1 N–H and O–H groups in total. The monoisotopic (exact) mass is 278 g/mol. The van der Waals surface area contributed by atoms with Crippen LogP contribution in [0.2, 0.25) is 0 Å². The van der Waals surface area contributed by atoms with Gasteiger partial charge in [0.05, 0.1) is 5.52 Å². The van der Waals surface area contributed by atoms with Crippen LogP contribution in [0.15, 0.2) is 60.8 Å². The summed E-state index contributed by atoms with van der Waals surface area (Å²) in [7, 11) is 1.95. The number of ether oxygens (including phenoxy) is 1. The van der Waals surface area contributed by atoms with E-state index in [9.17, 15) is 0 Å². The van der Waals surface area contributed by atoms with Crippen LogP contribution in [0, 0.1) is 0 Å². The highest BCUT2D eigenvalue weighted by molar-refractivity contribution is 5.84. The summed E-state index contributed by atoms with van der Waals surface area (Å²) < 4.78 is 6.02. The van der Waals surface area contributed by atoms with Crippen molar-refractivity contribution in [2.45, 2.75) is 13.2 Å². The number of rotatable bonds is 5. The molecule has 0 aliphatic carbocycles. The van der Waals surface area contributed by atoms with Crippen molar-refractivity contribution in [3.8, 4) is 5.75 Å². The van der Waals surface area contributed by atoms with E-state index >= 15 is 0 Å². The summed E-state index contributed by atoms with van der Waals surface area (Å²) in [6, 6.07) is 18.3. The van der Waals surface area contributed by atoms with Gasteiger partial charge in [-0.25, -0.2) is 0 Å². The topological polar surface area (TPSA) is 34.1 Å². The van der Waals surface area contributed by atoms with Gasteiger partial charge in [-0.1, -0.05) is 30.3 Å². The Balaban J connectivity index is 1.84. The predicted molar refractivity (Wildman–Crippen MR) is 85.3 cm³/mol. The summed E-state index contributed by atoms with van der Waals surface area (Å²) in [6.45, 7) is 1.41. The van der Waals surface area contributed by atoms with Crippen LogP contribution in [0.4, 0.5) is 0 Å². The Kier molecular flexibility index (Phi) is 4.12. The third kappa shape index (κ3) is 3.03. The van der Waals surface area contributed by atoms with Gasteiger partial charge >= 0.3 is 0 Å². The smallest absolute Gasteiger partial charge is 0.129 e. The van der Waals surface area contributed by atoms with Crippen LogP contribution in [-0.4, -0.2) is 12.0 Å². The molecule has 0 spiro atoms. The first kappa shape index (κ1) is 13.6. The number of benzene rings is 2. The number of nitrogens with one attached hydrogen (secondary N) is 1. The molecule has 0 radical (unpaired) electrons. The standard InChI is InChI=1S/C18H18N2O/c1-19-12-14-6-2-3-7-15(14)13-21-18-10-4-9-17-16(18)8-5-11-20-17/h2-11,19H,12-13H2,1H3. The minimum absolute atomic E-state index is 0.561. The highest BCUT2D eigenvalue weighted by Crippen LogP contribution is 2.25. The summed E-state index contributed by atoms with van der Waals surface area (Å²) >= 11 is 0. The van der Waals surface area contributed by atoms with Crippen molar-refractivity contribution in [1.82, 2.24) is 10.3 Å². The number of fused-ring (bicyclic) bond motifs is 1. The maximum Gasteiger partial charge on any atom is 0.129 e. The Bertz CT molecular complexity index is 735. The van der Waals surface area contributed by atoms with Gasteiger partial charge in [-0.2, -0.15) is 0 Å². The van der Waals surface area contributed by atoms with Crippen LogP contribution in [0.25, 0.3) is 10.9 Å². The van der Waals surface area contributed by atoms with E-state index < -0.39 is 0 Å². The first-order valence-corrected chi connectivity index (χ1v) is 7.06. The van der Waals surface area contributed by atoms with Gasteiger partial charge in [0.15, 0.2) is 0 Å². The number of hydrogen-bond acceptors (Lipinski definition) is 3. The zero-order valence-corrected chi connectivity index (χ0v) is 12.0. The molecule has 3 rings (SSSR count). The maximum absolute atomic E-state index is 6.02. The Morgan fingerprint density at radius 3 is 2.67 bits per heavy atom. The SMILES string of the molecule is CNCc1ccccc1COc1cccc2ncccc12. The third-order valence-electron chi connectivity index (χ3n) is 3.47. The lowest BCUT2D eigenvalue weighted by Crippen LogP contribution is -2.09. The van der Waals surface area contributed by atoms with E-state index in [1.165, 1.54) is 11.1 Å². The zero-order valence-electron chi connectivity index (χ0n) is 12.0. The largest absolute Gasteiger partial charge is 0.488 e. The van der Waals surface area contributed by atoms with Gasteiger partial charge in [-0.15, -0.1) is 0 Å². The lowest BCUT2D eigenvalue weighted by atomic mass is 10.1. The van der Waals surface area contributed by atoms with Crippen LogP contribution >= 0.6 is 0 Å². The van der Waals surface area contributed by atoms with Crippen molar-refractivity contribution in [2.24, 2.45) is 0 Å². The molecule has 0 fully saturated rings. The van der Waals surface area contributed by atoms with E-state index in [0.717, 1.165) is 23.2 Å². The second kappa shape index (κ2) is 6.37. The van der Waals surface area contributed by atoms with E-state index in [4.69, 9.17) is 4.74 Å². The minimum atomic E-state index is 0.561. The third-order valence-corrected chi connectivity index (χ3v) is 3.47. The van der Waals surface area contributed by atoms with Crippen molar-refractivity contribution < 1.29 is 4.74 Å². The van der Waals surface area contributed by atoms with Crippen LogP contribution in [0.1, 0.15) is 11.1 Å². The fourth-order valence-electron chi connectivity index (χ4n) is 2.42. The molecule has 0 aliphatic rings. The van der Waals surface area contributed by atoms with Crippen molar-refractivity contribution >= 4 is 10.9 Å². The molecule has 0 atom stereocenters. The Labute approximate surface area is 124 Å². The fraction of sp³-hybridized carbons (Fsp3) is 0.167. The summed E-state index contributed by atoms with van der Waals surface area (Å²) in [5.74, 6) is 0.875. The quantitative estimate of drug-likeness (QED) is 0.775. The molecule has 1 aromatic heterocycles. The lowest BCUT2D eigenvalue weighted by Gasteiger charge is -2.12. The van der Waals surface area contributed by atoms with Crippen molar-refractivity contribution in [3.05, 3.63) is 71.9 Å². The van der Waals surface area contributed by atoms with Crippen LogP contribution in [0.5, 0.6) is 5.75 Å². The van der Waals surface area contributed by atoms with Gasteiger partial charge < -0.3 is 10.1 Å². The molecular weight excluding hydrogens is 260 g/mol. The molecule has 106 valence electrons. The van der Waals surface area contributed by atoms with Crippen LogP contribution in [-0.2, 0) is 13.2 Å². The Morgan fingerprint density at radius 2 is 1.81 bits per heavy atom. The number of aromatic nitrogens is 1. The van der Waals surface area contributed by atoms with Gasteiger partial charge in [0.25, 0.3) is 0 Å². The summed E-state index contributed by atoms with van der Waals surface area (Å²) in [6.07, 6.45) is 1.80. The number of hydrogen-bond donors (Lipinski definition) is 1. The van der Waals surface area contributed by atoms with Crippen molar-refractivity contribution in [1.29, 1.82) is 0 Å². The summed E-state index contributed by atoms with van der Waals surface area (Å²) in [5, 5.41) is 4.23. The summed E-state index contributed by atoms with van der Waals surface area (Å²) in [5.41, 5.74) is 3.42. The van der Waals surface area contributed by atoms with Crippen molar-refractivity contribution in [2.75, 3.05) is 7.05 Å². The number of pyridine rings is 1. The molecule has 0 saturated heterocycles. The first-order chi connectivity index (χ1) is 10.4. The first-order valence-electron chi connectivity index (χ1n) is 7.06. The highest BCUT2D eigenvalue weighted by atomic mass is 16.5. The Morgan fingerprint density at radius 1 is 0.952 bits per heavy atom. The maximum atomic E-state index is 6.02. The average molecular weight is 278 g/mol. The molecule has 0 unspecified atom stereocenters. The van der Waals surface area contributed by atoms with Crippen LogP contribution in [0.3, 0.4) is 0 Å². The van der Waals surface area contributed by atoms with Gasteiger partial charge in [0.1, 0.15) is 12.4 Å². The van der Waals surface area contributed by atoms with Gasteiger partial charge in [0.2, 0.25) is 0 Å². The van der Waals surface area contributed by atoms with Gasteiger partial charge in [0, 0.05) is 18.1 Å². The molecule has 0 bridgehead atoms. The molecule has 21 heavy (non-hydrogen) atoms. The molecule has 3 heteroatoms. The highest BCUT2D eigenvalue weighted by Gasteiger charge is 2.05. The molecule has 3 aromatic rings. The lowest BCUT2D eigenvalue weighted by molar-refractivity contribution is 0.308.